The summed E-state index contributed by atoms with van der Waals surface area (Å²) in [5, 5.41) is 8.76. The van der Waals surface area contributed by atoms with Gasteiger partial charge in [-0.15, -0.1) is 0 Å². The van der Waals surface area contributed by atoms with Crippen LogP contribution in [0, 0.1) is 5.92 Å². The lowest BCUT2D eigenvalue weighted by atomic mass is 10.1. The minimum atomic E-state index is -0.664. The van der Waals surface area contributed by atoms with Crippen LogP contribution in [0.25, 0.3) is 0 Å². The molecule has 1 N–H and O–H groups in total. The second kappa shape index (κ2) is 4.45. The zero-order chi connectivity index (χ0) is 9.84. The lowest BCUT2D eigenvalue weighted by Crippen LogP contribution is -2.01. The lowest BCUT2D eigenvalue weighted by molar-refractivity contribution is -0.138. The Morgan fingerprint density at radius 2 is 2.08 bits per heavy atom. The predicted octanol–water partition coefficient (Wildman–Crippen LogP) is 2.99. The highest BCUT2D eigenvalue weighted by atomic mass is 16.4. The normalized spacial score (nSPS) is 20.6. The van der Waals surface area contributed by atoms with Gasteiger partial charge in [-0.1, -0.05) is 37.3 Å². The van der Waals surface area contributed by atoms with Gasteiger partial charge in [-0.25, -0.2) is 0 Å². The minimum absolute atomic E-state index is 0.193. The van der Waals surface area contributed by atoms with E-state index >= 15 is 0 Å². The predicted molar refractivity (Wildman–Crippen MR) is 52.6 cm³/mol. The zero-order valence-corrected chi connectivity index (χ0v) is 8.47. The van der Waals surface area contributed by atoms with Crippen molar-refractivity contribution in [2.45, 2.75) is 46.0 Å². The minimum Gasteiger partial charge on any atom is -0.481 e. The van der Waals surface area contributed by atoms with E-state index in [4.69, 9.17) is 5.11 Å². The first-order valence-electron chi connectivity index (χ1n) is 5.10. The monoisotopic (exact) mass is 182 g/mol. The molecule has 2 nitrogen and oxygen atoms in total. The molecule has 0 aromatic rings. The Hall–Kier alpha value is -0.790. The van der Waals surface area contributed by atoms with Crippen molar-refractivity contribution in [1.82, 2.24) is 0 Å². The number of hydrogen-bond acceptors (Lipinski definition) is 1. The molecule has 0 amide bonds. The van der Waals surface area contributed by atoms with E-state index in [-0.39, 0.29) is 5.92 Å². The summed E-state index contributed by atoms with van der Waals surface area (Å²) in [7, 11) is 0. The van der Waals surface area contributed by atoms with Gasteiger partial charge < -0.3 is 5.11 Å². The summed E-state index contributed by atoms with van der Waals surface area (Å²) in [5.41, 5.74) is 2.28. The molecule has 0 bridgehead atoms. The van der Waals surface area contributed by atoms with E-state index in [2.05, 4.69) is 6.92 Å². The van der Waals surface area contributed by atoms with Crippen LogP contribution in [-0.2, 0) is 4.79 Å². The SMILES string of the molecule is CCCCCCC1=C(C)C1C(=O)O. The van der Waals surface area contributed by atoms with Crippen molar-refractivity contribution in [3.63, 3.8) is 0 Å². The maximum absolute atomic E-state index is 10.6. The summed E-state index contributed by atoms with van der Waals surface area (Å²) in [6, 6.07) is 0. The Balaban J connectivity index is 2.14. The van der Waals surface area contributed by atoms with Crippen molar-refractivity contribution in [2.24, 2.45) is 5.92 Å². The number of hydrogen-bond donors (Lipinski definition) is 1. The summed E-state index contributed by atoms with van der Waals surface area (Å²) >= 11 is 0. The van der Waals surface area contributed by atoms with Crippen molar-refractivity contribution in [1.29, 1.82) is 0 Å². The molecule has 1 atom stereocenters. The molecule has 0 heterocycles. The van der Waals surface area contributed by atoms with Crippen LogP contribution in [0.1, 0.15) is 46.0 Å². The maximum atomic E-state index is 10.6. The van der Waals surface area contributed by atoms with Crippen LogP contribution in [0.15, 0.2) is 11.1 Å². The van der Waals surface area contributed by atoms with Crippen molar-refractivity contribution < 1.29 is 9.90 Å². The van der Waals surface area contributed by atoms with E-state index in [1.807, 2.05) is 6.92 Å². The smallest absolute Gasteiger partial charge is 0.314 e. The Morgan fingerprint density at radius 1 is 1.38 bits per heavy atom. The number of carboxylic acid groups (broad SMARTS) is 1. The summed E-state index contributed by atoms with van der Waals surface area (Å²) in [4.78, 5) is 10.6. The number of unbranched alkanes of at least 4 members (excludes halogenated alkanes) is 3. The average Bonchev–Trinajstić information content (AvgIpc) is 2.71. The Labute approximate surface area is 79.6 Å². The molecule has 1 aliphatic carbocycles. The largest absolute Gasteiger partial charge is 0.481 e. The average molecular weight is 182 g/mol. The first-order valence-corrected chi connectivity index (χ1v) is 5.10. The topological polar surface area (TPSA) is 37.3 Å². The first kappa shape index (κ1) is 10.3. The molecule has 0 aromatic heterocycles. The molecule has 1 aliphatic rings. The van der Waals surface area contributed by atoms with Crippen molar-refractivity contribution in [2.75, 3.05) is 0 Å². The zero-order valence-electron chi connectivity index (χ0n) is 8.47. The summed E-state index contributed by atoms with van der Waals surface area (Å²) < 4.78 is 0. The molecule has 0 spiro atoms. The van der Waals surface area contributed by atoms with Crippen molar-refractivity contribution in [3.05, 3.63) is 11.1 Å². The molecular formula is C11H18O2. The van der Waals surface area contributed by atoms with Gasteiger partial charge >= 0.3 is 5.97 Å². The van der Waals surface area contributed by atoms with Gasteiger partial charge in [0.1, 0.15) is 0 Å². The van der Waals surface area contributed by atoms with Gasteiger partial charge in [0.2, 0.25) is 0 Å². The molecule has 1 unspecified atom stereocenters. The van der Waals surface area contributed by atoms with Crippen LogP contribution in [0.4, 0.5) is 0 Å². The highest BCUT2D eigenvalue weighted by Crippen LogP contribution is 2.42. The molecule has 13 heavy (non-hydrogen) atoms. The standard InChI is InChI=1S/C11H18O2/c1-3-4-5-6-7-9-8(2)10(9)11(12)13/h10H,3-7H2,1-2H3,(H,12,13). The Bertz CT molecular complexity index is 228. The molecule has 0 fully saturated rings. The lowest BCUT2D eigenvalue weighted by Gasteiger charge is -1.96. The highest BCUT2D eigenvalue weighted by Gasteiger charge is 2.37. The fraction of sp³-hybridized carbons (Fsp3) is 0.727. The van der Waals surface area contributed by atoms with E-state index in [0.29, 0.717) is 0 Å². The molecule has 0 radical (unpaired) electrons. The van der Waals surface area contributed by atoms with Gasteiger partial charge in [-0.05, 0) is 19.8 Å². The fourth-order valence-electron chi connectivity index (χ4n) is 1.81. The molecule has 0 aliphatic heterocycles. The summed E-state index contributed by atoms with van der Waals surface area (Å²) in [5.74, 6) is -0.857. The van der Waals surface area contributed by atoms with Crippen LogP contribution < -0.4 is 0 Å². The Morgan fingerprint density at radius 3 is 2.54 bits per heavy atom. The van der Waals surface area contributed by atoms with E-state index in [1.54, 1.807) is 0 Å². The third-order valence-corrected chi connectivity index (χ3v) is 2.75. The number of rotatable bonds is 6. The summed E-state index contributed by atoms with van der Waals surface area (Å²) in [6.07, 6.45) is 5.90. The van der Waals surface area contributed by atoms with E-state index in [1.165, 1.54) is 24.8 Å². The molecule has 74 valence electrons. The van der Waals surface area contributed by atoms with Gasteiger partial charge in [0.05, 0.1) is 5.92 Å². The fourth-order valence-corrected chi connectivity index (χ4v) is 1.81. The van der Waals surface area contributed by atoms with E-state index in [9.17, 15) is 4.79 Å². The van der Waals surface area contributed by atoms with Gasteiger partial charge in [-0.2, -0.15) is 0 Å². The van der Waals surface area contributed by atoms with Crippen LogP contribution in [0.2, 0.25) is 0 Å². The first-order chi connectivity index (χ1) is 6.18. The molecule has 0 saturated heterocycles. The van der Waals surface area contributed by atoms with Gasteiger partial charge in [0, 0.05) is 0 Å². The van der Waals surface area contributed by atoms with Gasteiger partial charge in [0.15, 0.2) is 0 Å². The van der Waals surface area contributed by atoms with Crippen LogP contribution in [0.5, 0.6) is 0 Å². The molecular weight excluding hydrogens is 164 g/mol. The van der Waals surface area contributed by atoms with Crippen LogP contribution in [0.3, 0.4) is 0 Å². The highest BCUT2D eigenvalue weighted by molar-refractivity contribution is 5.83. The van der Waals surface area contributed by atoms with Gasteiger partial charge in [0.25, 0.3) is 0 Å². The maximum Gasteiger partial charge on any atom is 0.314 e. The second-order valence-electron chi connectivity index (χ2n) is 3.79. The van der Waals surface area contributed by atoms with Crippen molar-refractivity contribution in [3.8, 4) is 0 Å². The van der Waals surface area contributed by atoms with Gasteiger partial charge in [-0.3, -0.25) is 4.79 Å². The van der Waals surface area contributed by atoms with E-state index in [0.717, 1.165) is 18.4 Å². The summed E-state index contributed by atoms with van der Waals surface area (Å²) in [6.45, 7) is 4.12. The third kappa shape index (κ3) is 2.58. The van der Waals surface area contributed by atoms with E-state index < -0.39 is 5.97 Å². The number of aliphatic carboxylic acids is 1. The van der Waals surface area contributed by atoms with Crippen LogP contribution >= 0.6 is 0 Å². The van der Waals surface area contributed by atoms with Crippen LogP contribution in [-0.4, -0.2) is 11.1 Å². The number of carbonyl (C=O) groups is 1. The second-order valence-corrected chi connectivity index (χ2v) is 3.79. The molecule has 2 heteroatoms. The quantitative estimate of drug-likeness (QED) is 0.506. The molecule has 0 aromatic carbocycles. The number of carboxylic acids is 1. The van der Waals surface area contributed by atoms with Crippen molar-refractivity contribution >= 4 is 5.97 Å². The molecule has 0 saturated carbocycles. The molecule has 1 rings (SSSR count). The third-order valence-electron chi connectivity index (χ3n) is 2.75. The Kier molecular flexibility index (Phi) is 3.52.